The van der Waals surface area contributed by atoms with Gasteiger partial charge in [-0.05, 0) is 0 Å². The fourth-order valence-electron chi connectivity index (χ4n) is 6.25. The van der Waals surface area contributed by atoms with E-state index in [1.54, 1.807) is 0 Å². The number of hydrogen-bond acceptors (Lipinski definition) is 7. The van der Waals surface area contributed by atoms with Gasteiger partial charge in [-0.2, -0.15) is 0 Å². The topological polar surface area (TPSA) is 121 Å². The summed E-state index contributed by atoms with van der Waals surface area (Å²) in [5.74, 6) is 2.39. The number of hydrogen-bond donors (Lipinski definition) is 3. The fraction of sp³-hybridized carbons (Fsp3) is 0.0256. The number of H-pyrrole nitrogens is 2. The van der Waals surface area contributed by atoms with Crippen LogP contribution < -0.4 is 4.33 Å². The minimum absolute atomic E-state index is 0.597. The van der Waals surface area contributed by atoms with Crippen molar-refractivity contribution in [3.05, 3.63) is 133 Å². The number of aromatic amines is 2. The van der Waals surface area contributed by atoms with E-state index < -0.39 is 0 Å². The number of aromatic nitrogens is 8. The van der Waals surface area contributed by atoms with Gasteiger partial charge < -0.3 is 9.97 Å². The predicted octanol–water partition coefficient (Wildman–Crippen LogP) is 8.11. The van der Waals surface area contributed by atoms with Gasteiger partial charge in [0, 0.05) is 43.8 Å². The molecule has 5 aromatic carbocycles. The monoisotopic (exact) mass is 683 g/mol. The van der Waals surface area contributed by atoms with E-state index in [1.165, 1.54) is 5.56 Å². The number of benzene rings is 5. The molecule has 10 heteroatoms. The molecule has 9 nitrogen and oxygen atoms in total. The van der Waals surface area contributed by atoms with Crippen LogP contribution in [0.1, 0.15) is 5.56 Å². The summed E-state index contributed by atoms with van der Waals surface area (Å²) >= 11 is 4.72. The van der Waals surface area contributed by atoms with Gasteiger partial charge in [0.1, 0.15) is 22.6 Å². The molecule has 5 heterocycles. The van der Waals surface area contributed by atoms with Gasteiger partial charge in [0.15, 0.2) is 23.3 Å². The molecule has 3 aromatic heterocycles. The third kappa shape index (κ3) is 5.24. The molecule has 0 amide bonds. The molecule has 0 radical (unpaired) electrons. The number of fused-ring (bicyclic) bond motifs is 20. The molecule has 0 spiro atoms. The maximum absolute atomic E-state index is 5.02. The number of rotatable bonds is 2. The quantitative estimate of drug-likeness (QED) is 0.157. The number of nitrogens with zero attached hydrogens (tertiary/aromatic N) is 6. The van der Waals surface area contributed by atoms with Crippen molar-refractivity contribution >= 4 is 44.1 Å². The van der Waals surface area contributed by atoms with E-state index in [0.29, 0.717) is 45.9 Å². The summed E-state index contributed by atoms with van der Waals surface area (Å²) in [7, 11) is 0. The molecule has 3 N–H and O–H groups in total. The third-order valence-corrected chi connectivity index (χ3v) is 8.73. The van der Waals surface area contributed by atoms with Crippen LogP contribution in [0.15, 0.2) is 127 Å². The van der Waals surface area contributed by atoms with Gasteiger partial charge in [-0.1, -0.05) is 97.1 Å². The van der Waals surface area contributed by atoms with Crippen LogP contribution >= 0.6 is 0 Å². The van der Waals surface area contributed by atoms with E-state index in [-0.39, 0.29) is 0 Å². The van der Waals surface area contributed by atoms with Gasteiger partial charge in [0.25, 0.3) is 0 Å². The third-order valence-electron chi connectivity index (χ3n) is 8.56. The Morgan fingerprint density at radius 3 is 1.02 bits per heavy atom. The average molecular weight is 684 g/mol. The molecular formula is C39H26CuN9. The van der Waals surface area contributed by atoms with Crippen LogP contribution in [0.5, 0.6) is 0 Å². The summed E-state index contributed by atoms with van der Waals surface area (Å²) in [6.45, 7) is 0.765. The summed E-state index contributed by atoms with van der Waals surface area (Å²) in [5.41, 5.74) is 7.67. The summed E-state index contributed by atoms with van der Waals surface area (Å²) < 4.78 is 2.65. The van der Waals surface area contributed by atoms with E-state index in [0.717, 1.165) is 50.3 Å². The molecule has 0 saturated heterocycles. The Balaban J connectivity index is 0.000000317. The van der Waals surface area contributed by atoms with Gasteiger partial charge in [0.2, 0.25) is 0 Å². The Kier molecular flexibility index (Phi) is 7.24. The van der Waals surface area contributed by atoms with E-state index >= 15 is 0 Å². The summed E-state index contributed by atoms with van der Waals surface area (Å²) in [6, 6.07) is 42.3. The maximum atomic E-state index is 5.02. The fourth-order valence-corrected chi connectivity index (χ4v) is 6.44. The summed E-state index contributed by atoms with van der Waals surface area (Å²) in [6.07, 6.45) is 0. The van der Waals surface area contributed by atoms with Crippen LogP contribution in [0.2, 0.25) is 0 Å². The van der Waals surface area contributed by atoms with E-state index in [9.17, 15) is 0 Å². The maximum Gasteiger partial charge on any atom is 0.164 e. The van der Waals surface area contributed by atoms with E-state index in [1.807, 2.05) is 127 Å². The summed E-state index contributed by atoms with van der Waals surface area (Å²) in [4.78, 5) is 36.8. The van der Waals surface area contributed by atoms with Crippen molar-refractivity contribution in [3.8, 4) is 45.6 Å². The Labute approximate surface area is 288 Å². The molecule has 8 aromatic rings. The van der Waals surface area contributed by atoms with Crippen LogP contribution in [0.3, 0.4) is 0 Å². The Bertz CT molecular complexity index is 2380. The second-order valence-electron chi connectivity index (χ2n) is 11.6. The molecule has 8 bridgehead atoms. The minimum Gasteiger partial charge on any atom is -0.324 e. The normalized spacial score (nSPS) is 11.6. The molecule has 0 fully saturated rings. The zero-order valence-electron chi connectivity index (χ0n) is 25.8. The second-order valence-corrected chi connectivity index (χ2v) is 11.9. The van der Waals surface area contributed by atoms with Gasteiger partial charge in [0.05, 0.1) is 0 Å². The predicted molar refractivity (Wildman–Crippen MR) is 189 cm³/mol. The van der Waals surface area contributed by atoms with E-state index in [4.69, 9.17) is 46.1 Å². The molecular weight excluding hydrogens is 658 g/mol. The Morgan fingerprint density at radius 1 is 0.388 bits per heavy atom. The number of nitrogens with one attached hydrogen (secondary N) is 3. The zero-order valence-corrected chi connectivity index (χ0v) is 26.8. The SMILES string of the molecule is [Cu][NH]Cc1ccccc1.c1ccc2c(c1)-c1nc-2nc2[nH]c(nc3nc(nc4[nH]c(n1)c1ccccc41)-c1ccccc1-3)c1ccccc21. The van der Waals surface area contributed by atoms with Crippen molar-refractivity contribution < 1.29 is 16.2 Å². The smallest absolute Gasteiger partial charge is 0.164 e. The first-order valence-electron chi connectivity index (χ1n) is 15.8. The minimum atomic E-state index is 0.597. The van der Waals surface area contributed by atoms with Gasteiger partial charge in [-0.15, -0.1) is 0 Å². The van der Waals surface area contributed by atoms with Crippen LogP contribution in [0, 0.1) is 0 Å². The Morgan fingerprint density at radius 2 is 0.694 bits per heavy atom. The molecule has 10 rings (SSSR count). The van der Waals surface area contributed by atoms with Crippen molar-refractivity contribution in [2.45, 2.75) is 6.54 Å². The zero-order chi connectivity index (χ0) is 32.7. The van der Waals surface area contributed by atoms with Crippen LogP contribution in [-0.4, -0.2) is 39.9 Å². The molecule has 49 heavy (non-hydrogen) atoms. The molecule has 0 aliphatic carbocycles. The van der Waals surface area contributed by atoms with Crippen LogP contribution in [0.4, 0.5) is 0 Å². The average Bonchev–Trinajstić information content (AvgIpc) is 3.88. The molecule has 0 saturated carbocycles. The Hall–Kier alpha value is -6.06. The largest absolute Gasteiger partial charge is 0.324 e. The van der Waals surface area contributed by atoms with Crippen LogP contribution in [0.25, 0.3) is 89.7 Å². The molecule has 238 valence electrons. The van der Waals surface area contributed by atoms with Crippen molar-refractivity contribution in [1.29, 1.82) is 0 Å². The van der Waals surface area contributed by atoms with E-state index in [2.05, 4.69) is 14.3 Å². The van der Waals surface area contributed by atoms with Crippen molar-refractivity contribution in [1.82, 2.24) is 44.2 Å². The van der Waals surface area contributed by atoms with Crippen LogP contribution in [-0.2, 0) is 22.8 Å². The molecule has 2 aliphatic heterocycles. The van der Waals surface area contributed by atoms with Crippen molar-refractivity contribution in [3.63, 3.8) is 0 Å². The first-order valence-corrected chi connectivity index (χ1v) is 16.2. The van der Waals surface area contributed by atoms with Gasteiger partial charge >= 0.3 is 63.0 Å². The van der Waals surface area contributed by atoms with Gasteiger partial charge in [-0.25, -0.2) is 29.9 Å². The van der Waals surface area contributed by atoms with Crippen molar-refractivity contribution in [2.24, 2.45) is 0 Å². The first-order chi connectivity index (χ1) is 24.2. The molecule has 0 unspecified atom stereocenters. The second kappa shape index (κ2) is 12.2. The van der Waals surface area contributed by atoms with Crippen molar-refractivity contribution in [2.75, 3.05) is 0 Å². The summed E-state index contributed by atoms with van der Waals surface area (Å²) in [5, 5.41) is 3.82. The van der Waals surface area contributed by atoms with Gasteiger partial charge in [-0.3, -0.25) is 0 Å². The standard InChI is InChI=1S/C32H18N8.C7H8N.Cu/c1-2-10-18-17(9-1)25-33-26(18)38-28-21-13-5-6-14-22(21)30(35-28)40-32-24-16-8-7-15-23(24)31(36-32)39-29-20-12-4-3-11-19(20)27(34-29)37-25;8-6-7-4-2-1-3-5-7;/h1-16H,(H2,33,34,35,36,37,38,39,40);1-5,8H,6H2;/q;-1;+1. The first kappa shape index (κ1) is 29.1. The molecule has 0 atom stereocenters. The molecule has 2 aliphatic rings.